The summed E-state index contributed by atoms with van der Waals surface area (Å²) in [5.41, 5.74) is 0.451. The topological polar surface area (TPSA) is 80.7 Å². The highest BCUT2D eigenvalue weighted by molar-refractivity contribution is 5.94. The molecule has 1 aliphatic heterocycles. The largest absolute Gasteiger partial charge is 0.472 e. The molecule has 2 heterocycles. The molecule has 20 heavy (non-hydrogen) atoms. The van der Waals surface area contributed by atoms with Crippen LogP contribution in [0.2, 0.25) is 0 Å². The van der Waals surface area contributed by atoms with Gasteiger partial charge in [0.25, 0.3) is 5.91 Å². The SMILES string of the molecule is CCC(CO)NC(=O)c1ccc(OC2CCOC2)nc1. The van der Waals surface area contributed by atoms with Crippen LogP contribution in [0.25, 0.3) is 0 Å². The normalized spacial score (nSPS) is 19.6. The van der Waals surface area contributed by atoms with E-state index in [0.717, 1.165) is 6.42 Å². The van der Waals surface area contributed by atoms with Gasteiger partial charge < -0.3 is 19.9 Å². The van der Waals surface area contributed by atoms with Gasteiger partial charge >= 0.3 is 0 Å². The lowest BCUT2D eigenvalue weighted by Crippen LogP contribution is -2.36. The Morgan fingerprint density at radius 2 is 2.50 bits per heavy atom. The van der Waals surface area contributed by atoms with Crippen LogP contribution < -0.4 is 10.1 Å². The van der Waals surface area contributed by atoms with E-state index in [2.05, 4.69) is 10.3 Å². The number of carbonyl (C=O) groups excluding carboxylic acids is 1. The number of rotatable bonds is 6. The van der Waals surface area contributed by atoms with E-state index < -0.39 is 0 Å². The van der Waals surface area contributed by atoms with Crippen LogP contribution in [0.15, 0.2) is 18.3 Å². The van der Waals surface area contributed by atoms with Gasteiger partial charge in [0.15, 0.2) is 0 Å². The number of nitrogens with zero attached hydrogens (tertiary/aromatic N) is 1. The van der Waals surface area contributed by atoms with Crippen LogP contribution in [0.1, 0.15) is 30.1 Å². The predicted octanol–water partition coefficient (Wildman–Crippen LogP) is 0.750. The van der Waals surface area contributed by atoms with Crippen molar-refractivity contribution in [2.24, 2.45) is 0 Å². The molecule has 2 N–H and O–H groups in total. The second-order valence-electron chi connectivity index (χ2n) is 4.75. The first-order valence-electron chi connectivity index (χ1n) is 6.85. The number of carbonyl (C=O) groups is 1. The highest BCUT2D eigenvalue weighted by atomic mass is 16.5. The molecule has 6 heteroatoms. The minimum absolute atomic E-state index is 0.0426. The Hall–Kier alpha value is -1.66. The maximum absolute atomic E-state index is 11.9. The van der Waals surface area contributed by atoms with Crippen LogP contribution in [0.3, 0.4) is 0 Å². The van der Waals surface area contributed by atoms with Gasteiger partial charge in [-0.05, 0) is 12.5 Å². The molecular weight excluding hydrogens is 260 g/mol. The van der Waals surface area contributed by atoms with Gasteiger partial charge in [-0.1, -0.05) is 6.92 Å². The lowest BCUT2D eigenvalue weighted by Gasteiger charge is -2.14. The molecule has 1 amide bonds. The summed E-state index contributed by atoms with van der Waals surface area (Å²) in [6, 6.07) is 3.11. The van der Waals surface area contributed by atoms with Crippen molar-refractivity contribution in [3.63, 3.8) is 0 Å². The number of aliphatic hydroxyl groups is 1. The highest BCUT2D eigenvalue weighted by Gasteiger charge is 2.18. The number of nitrogens with one attached hydrogen (secondary N) is 1. The first kappa shape index (κ1) is 14.7. The summed E-state index contributed by atoms with van der Waals surface area (Å²) in [5, 5.41) is 11.8. The molecule has 1 fully saturated rings. The number of pyridine rings is 1. The average Bonchev–Trinajstić information content (AvgIpc) is 2.98. The smallest absolute Gasteiger partial charge is 0.253 e. The Labute approximate surface area is 118 Å². The first-order chi connectivity index (χ1) is 9.72. The molecule has 2 rings (SSSR count). The third kappa shape index (κ3) is 3.91. The van der Waals surface area contributed by atoms with E-state index >= 15 is 0 Å². The zero-order chi connectivity index (χ0) is 14.4. The molecule has 1 aromatic heterocycles. The molecule has 0 radical (unpaired) electrons. The Kier molecular flexibility index (Phi) is 5.31. The summed E-state index contributed by atoms with van der Waals surface area (Å²) in [6.07, 6.45) is 3.06. The number of hydrogen-bond acceptors (Lipinski definition) is 5. The minimum atomic E-state index is -0.242. The Morgan fingerprint density at radius 1 is 1.65 bits per heavy atom. The summed E-state index contributed by atoms with van der Waals surface area (Å²) < 4.78 is 10.8. The molecule has 0 bridgehead atoms. The number of aromatic nitrogens is 1. The Balaban J connectivity index is 1.91. The number of ether oxygens (including phenoxy) is 2. The van der Waals surface area contributed by atoms with E-state index in [1.807, 2.05) is 6.92 Å². The molecule has 2 unspecified atom stereocenters. The van der Waals surface area contributed by atoms with Gasteiger partial charge in [0.05, 0.1) is 31.4 Å². The predicted molar refractivity (Wildman–Crippen MR) is 72.7 cm³/mol. The molecule has 6 nitrogen and oxygen atoms in total. The molecule has 110 valence electrons. The molecule has 0 spiro atoms. The van der Waals surface area contributed by atoms with Crippen molar-refractivity contribution in [1.29, 1.82) is 0 Å². The van der Waals surface area contributed by atoms with Gasteiger partial charge in [-0.3, -0.25) is 4.79 Å². The van der Waals surface area contributed by atoms with E-state index in [1.54, 1.807) is 12.1 Å². The van der Waals surface area contributed by atoms with Crippen molar-refractivity contribution in [2.75, 3.05) is 19.8 Å². The van der Waals surface area contributed by atoms with Gasteiger partial charge in [0, 0.05) is 18.7 Å². The van der Waals surface area contributed by atoms with Crippen LogP contribution in [0.5, 0.6) is 5.88 Å². The number of aliphatic hydroxyl groups excluding tert-OH is 1. The molecule has 1 aromatic rings. The molecule has 2 atom stereocenters. The van der Waals surface area contributed by atoms with Crippen molar-refractivity contribution in [3.05, 3.63) is 23.9 Å². The third-order valence-electron chi connectivity index (χ3n) is 3.22. The van der Waals surface area contributed by atoms with E-state index in [-0.39, 0.29) is 24.7 Å². The molecular formula is C14H20N2O4. The highest BCUT2D eigenvalue weighted by Crippen LogP contribution is 2.14. The zero-order valence-corrected chi connectivity index (χ0v) is 11.5. The quantitative estimate of drug-likeness (QED) is 0.803. The monoisotopic (exact) mass is 280 g/mol. The van der Waals surface area contributed by atoms with Gasteiger partial charge in [-0.15, -0.1) is 0 Å². The fraction of sp³-hybridized carbons (Fsp3) is 0.571. The second kappa shape index (κ2) is 7.21. The first-order valence-corrected chi connectivity index (χ1v) is 6.85. The lowest BCUT2D eigenvalue weighted by molar-refractivity contribution is 0.0914. The molecule has 1 saturated heterocycles. The van der Waals surface area contributed by atoms with Gasteiger partial charge in [0.2, 0.25) is 5.88 Å². The standard InChI is InChI=1S/C14H20N2O4/c1-2-11(8-17)16-14(18)10-3-4-13(15-7-10)20-12-5-6-19-9-12/h3-4,7,11-12,17H,2,5-6,8-9H2,1H3,(H,16,18). The van der Waals surface area contributed by atoms with E-state index in [0.29, 0.717) is 31.1 Å². The van der Waals surface area contributed by atoms with Crippen LogP contribution in [0, 0.1) is 0 Å². The van der Waals surface area contributed by atoms with Crippen molar-refractivity contribution in [3.8, 4) is 5.88 Å². The van der Waals surface area contributed by atoms with Crippen molar-refractivity contribution in [1.82, 2.24) is 10.3 Å². The summed E-state index contributed by atoms with van der Waals surface area (Å²) in [7, 11) is 0. The Morgan fingerprint density at radius 3 is 3.05 bits per heavy atom. The van der Waals surface area contributed by atoms with Crippen molar-refractivity contribution < 1.29 is 19.4 Å². The fourth-order valence-corrected chi connectivity index (χ4v) is 1.91. The minimum Gasteiger partial charge on any atom is -0.472 e. The van der Waals surface area contributed by atoms with Crippen LogP contribution in [-0.4, -0.2) is 48.0 Å². The molecule has 0 aromatic carbocycles. The van der Waals surface area contributed by atoms with Crippen molar-refractivity contribution >= 4 is 5.91 Å². The molecule has 1 aliphatic rings. The van der Waals surface area contributed by atoms with Gasteiger partial charge in [-0.25, -0.2) is 4.98 Å². The fourth-order valence-electron chi connectivity index (χ4n) is 1.91. The van der Waals surface area contributed by atoms with Crippen LogP contribution in [0.4, 0.5) is 0 Å². The second-order valence-corrected chi connectivity index (χ2v) is 4.75. The van der Waals surface area contributed by atoms with Crippen molar-refractivity contribution in [2.45, 2.75) is 31.9 Å². The summed E-state index contributed by atoms with van der Waals surface area (Å²) >= 11 is 0. The number of amides is 1. The summed E-state index contributed by atoms with van der Waals surface area (Å²) in [4.78, 5) is 16.0. The lowest BCUT2D eigenvalue weighted by atomic mass is 10.2. The summed E-state index contributed by atoms with van der Waals surface area (Å²) in [6.45, 7) is 3.13. The van der Waals surface area contributed by atoms with E-state index in [1.165, 1.54) is 6.20 Å². The molecule has 0 aliphatic carbocycles. The van der Waals surface area contributed by atoms with Crippen LogP contribution >= 0.6 is 0 Å². The molecule has 0 saturated carbocycles. The van der Waals surface area contributed by atoms with Crippen LogP contribution in [-0.2, 0) is 4.74 Å². The Bertz CT molecular complexity index is 425. The van der Waals surface area contributed by atoms with E-state index in [4.69, 9.17) is 14.6 Å². The zero-order valence-electron chi connectivity index (χ0n) is 11.5. The maximum Gasteiger partial charge on any atom is 0.253 e. The van der Waals surface area contributed by atoms with E-state index in [9.17, 15) is 4.79 Å². The van der Waals surface area contributed by atoms with Gasteiger partial charge in [0.1, 0.15) is 6.10 Å². The number of hydrogen-bond donors (Lipinski definition) is 2. The summed E-state index contributed by atoms with van der Waals surface area (Å²) in [5.74, 6) is 0.250. The average molecular weight is 280 g/mol. The van der Waals surface area contributed by atoms with Gasteiger partial charge in [-0.2, -0.15) is 0 Å². The third-order valence-corrected chi connectivity index (χ3v) is 3.22. The maximum atomic E-state index is 11.9.